The van der Waals surface area contributed by atoms with Crippen LogP contribution in [0.4, 0.5) is 0 Å². The summed E-state index contributed by atoms with van der Waals surface area (Å²) in [6, 6.07) is 10.5. The van der Waals surface area contributed by atoms with Crippen LogP contribution < -0.4 is 10.2 Å². The van der Waals surface area contributed by atoms with Gasteiger partial charge < -0.3 is 4.74 Å². The average Bonchev–Trinajstić information content (AvgIpc) is 2.49. The van der Waals surface area contributed by atoms with Crippen molar-refractivity contribution >= 4 is 12.1 Å². The highest BCUT2D eigenvalue weighted by Gasteiger charge is 2.03. The summed E-state index contributed by atoms with van der Waals surface area (Å²) in [6.07, 6.45) is 4.89. The maximum Gasteiger partial charge on any atom is 0.271 e. The third kappa shape index (κ3) is 3.91. The lowest BCUT2D eigenvalue weighted by Gasteiger charge is -2.03. The highest BCUT2D eigenvalue weighted by Crippen LogP contribution is 2.11. The summed E-state index contributed by atoms with van der Waals surface area (Å²) in [4.78, 5) is 15.7. The van der Waals surface area contributed by atoms with Crippen LogP contribution in [0.2, 0.25) is 0 Å². The molecule has 0 saturated carbocycles. The van der Waals surface area contributed by atoms with E-state index in [0.717, 1.165) is 11.3 Å². The predicted octanol–water partition coefficient (Wildman–Crippen LogP) is 2.24. The Morgan fingerprint density at radius 1 is 1.25 bits per heavy atom. The second-order valence-corrected chi connectivity index (χ2v) is 3.94. The summed E-state index contributed by atoms with van der Waals surface area (Å²) in [6.45, 7) is 2.51. The van der Waals surface area contributed by atoms with E-state index >= 15 is 0 Å². The first kappa shape index (κ1) is 13.7. The van der Waals surface area contributed by atoms with E-state index in [0.29, 0.717) is 12.2 Å². The van der Waals surface area contributed by atoms with Gasteiger partial charge in [-0.25, -0.2) is 5.43 Å². The minimum absolute atomic E-state index is 0.265. The molecule has 0 bridgehead atoms. The summed E-state index contributed by atoms with van der Waals surface area (Å²) in [7, 11) is 0. The number of nitrogens with one attached hydrogen (secondary N) is 1. The van der Waals surface area contributed by atoms with Crippen LogP contribution >= 0.6 is 0 Å². The zero-order valence-electron chi connectivity index (χ0n) is 11.1. The molecule has 0 unspecified atom stereocenters. The van der Waals surface area contributed by atoms with Crippen molar-refractivity contribution in [3.8, 4) is 5.75 Å². The van der Waals surface area contributed by atoms with Crippen LogP contribution in [-0.4, -0.2) is 23.7 Å². The molecule has 20 heavy (non-hydrogen) atoms. The number of rotatable bonds is 5. The maximum atomic E-state index is 11.8. The van der Waals surface area contributed by atoms with E-state index in [2.05, 4.69) is 15.5 Å². The first-order chi connectivity index (χ1) is 9.79. The smallest absolute Gasteiger partial charge is 0.271 e. The molecule has 1 amide bonds. The summed E-state index contributed by atoms with van der Waals surface area (Å²) in [5.41, 5.74) is 3.86. The number of hydrogen-bond donors (Lipinski definition) is 1. The number of nitrogens with zero attached hydrogens (tertiary/aromatic N) is 2. The third-order valence-corrected chi connectivity index (χ3v) is 2.51. The van der Waals surface area contributed by atoms with Gasteiger partial charge in [-0.2, -0.15) is 5.10 Å². The molecular formula is C15H15N3O2. The second kappa shape index (κ2) is 7.04. The molecule has 2 rings (SSSR count). The Morgan fingerprint density at radius 2 is 1.95 bits per heavy atom. The number of aromatic nitrogens is 1. The molecule has 0 aliphatic carbocycles. The van der Waals surface area contributed by atoms with E-state index in [1.807, 2.05) is 6.92 Å². The van der Waals surface area contributed by atoms with Crippen molar-refractivity contribution in [1.29, 1.82) is 0 Å². The van der Waals surface area contributed by atoms with Crippen molar-refractivity contribution in [2.75, 3.05) is 6.61 Å². The third-order valence-electron chi connectivity index (χ3n) is 2.51. The van der Waals surface area contributed by atoms with Gasteiger partial charge >= 0.3 is 0 Å². The lowest BCUT2D eigenvalue weighted by atomic mass is 10.2. The van der Waals surface area contributed by atoms with Gasteiger partial charge in [0.15, 0.2) is 0 Å². The van der Waals surface area contributed by atoms with Crippen LogP contribution in [0.25, 0.3) is 0 Å². The van der Waals surface area contributed by atoms with Gasteiger partial charge in [0.25, 0.3) is 5.91 Å². The quantitative estimate of drug-likeness (QED) is 0.669. The van der Waals surface area contributed by atoms with Gasteiger partial charge in [0.05, 0.1) is 12.8 Å². The van der Waals surface area contributed by atoms with Crippen LogP contribution in [0.5, 0.6) is 5.75 Å². The van der Waals surface area contributed by atoms with E-state index < -0.39 is 0 Å². The molecule has 0 saturated heterocycles. The van der Waals surface area contributed by atoms with E-state index in [-0.39, 0.29) is 5.91 Å². The Kier molecular flexibility index (Phi) is 4.83. The van der Waals surface area contributed by atoms with Crippen molar-refractivity contribution in [1.82, 2.24) is 10.4 Å². The van der Waals surface area contributed by atoms with Gasteiger partial charge in [0.2, 0.25) is 0 Å². The van der Waals surface area contributed by atoms with E-state index in [1.165, 1.54) is 0 Å². The lowest BCUT2D eigenvalue weighted by Crippen LogP contribution is -2.17. The van der Waals surface area contributed by atoms with Crippen LogP contribution in [-0.2, 0) is 0 Å². The molecule has 1 aromatic carbocycles. The fraction of sp³-hybridized carbons (Fsp3) is 0.133. The van der Waals surface area contributed by atoms with Crippen molar-refractivity contribution in [2.45, 2.75) is 6.92 Å². The molecule has 0 aliphatic heterocycles. The number of ether oxygens (including phenoxy) is 1. The molecule has 0 spiro atoms. The zero-order chi connectivity index (χ0) is 14.2. The maximum absolute atomic E-state index is 11.8. The molecule has 1 aromatic heterocycles. The van der Waals surface area contributed by atoms with Gasteiger partial charge in [-0.15, -0.1) is 0 Å². The largest absolute Gasteiger partial charge is 0.494 e. The predicted molar refractivity (Wildman–Crippen MR) is 76.9 cm³/mol. The number of amides is 1. The summed E-state index contributed by atoms with van der Waals surface area (Å²) >= 11 is 0. The Balaban J connectivity index is 1.93. The molecule has 0 atom stereocenters. The molecule has 5 heteroatoms. The van der Waals surface area contributed by atoms with Crippen molar-refractivity contribution in [3.05, 3.63) is 59.9 Å². The average molecular weight is 269 g/mol. The molecule has 0 fully saturated rings. The number of hydrogen-bond acceptors (Lipinski definition) is 4. The number of carbonyl (C=O) groups excluding carboxylic acids is 1. The molecule has 1 heterocycles. The Labute approximate surface area is 117 Å². The second-order valence-electron chi connectivity index (χ2n) is 3.94. The van der Waals surface area contributed by atoms with Crippen molar-refractivity contribution in [2.24, 2.45) is 5.10 Å². The molecule has 5 nitrogen and oxygen atoms in total. The van der Waals surface area contributed by atoms with E-state index in [4.69, 9.17) is 4.74 Å². The van der Waals surface area contributed by atoms with Crippen LogP contribution in [0.15, 0.2) is 53.9 Å². The SMILES string of the molecule is CCOc1ccc(C(=O)NN=Cc2ccncc2)cc1. The van der Waals surface area contributed by atoms with Crippen LogP contribution in [0, 0.1) is 0 Å². The first-order valence-electron chi connectivity index (χ1n) is 6.26. The van der Waals surface area contributed by atoms with E-state index in [1.54, 1.807) is 55.0 Å². The number of hydrazone groups is 1. The van der Waals surface area contributed by atoms with Gasteiger partial charge in [0, 0.05) is 18.0 Å². The minimum Gasteiger partial charge on any atom is -0.494 e. The van der Waals surface area contributed by atoms with Gasteiger partial charge in [-0.3, -0.25) is 9.78 Å². The normalized spacial score (nSPS) is 10.4. The molecule has 0 aliphatic rings. The molecule has 2 aromatic rings. The Bertz CT molecular complexity index is 580. The van der Waals surface area contributed by atoms with Crippen LogP contribution in [0.3, 0.4) is 0 Å². The monoisotopic (exact) mass is 269 g/mol. The summed E-state index contributed by atoms with van der Waals surface area (Å²) < 4.78 is 5.31. The van der Waals surface area contributed by atoms with E-state index in [9.17, 15) is 4.79 Å². The number of carbonyl (C=O) groups is 1. The lowest BCUT2D eigenvalue weighted by molar-refractivity contribution is 0.0955. The first-order valence-corrected chi connectivity index (χ1v) is 6.26. The summed E-state index contributed by atoms with van der Waals surface area (Å²) in [5.74, 6) is 0.475. The number of benzene rings is 1. The van der Waals surface area contributed by atoms with Crippen molar-refractivity contribution < 1.29 is 9.53 Å². The number of pyridine rings is 1. The highest BCUT2D eigenvalue weighted by molar-refractivity contribution is 5.94. The van der Waals surface area contributed by atoms with Gasteiger partial charge in [-0.05, 0) is 48.9 Å². The Hall–Kier alpha value is -2.69. The van der Waals surface area contributed by atoms with Gasteiger partial charge in [-0.1, -0.05) is 0 Å². The minimum atomic E-state index is -0.265. The fourth-order valence-corrected chi connectivity index (χ4v) is 1.55. The standard InChI is InChI=1S/C15H15N3O2/c1-2-20-14-5-3-13(4-6-14)15(19)18-17-11-12-7-9-16-10-8-12/h3-11H,2H2,1H3,(H,18,19). The zero-order valence-corrected chi connectivity index (χ0v) is 11.1. The summed E-state index contributed by atoms with van der Waals surface area (Å²) in [5, 5.41) is 3.89. The highest BCUT2D eigenvalue weighted by atomic mass is 16.5. The van der Waals surface area contributed by atoms with Crippen molar-refractivity contribution in [3.63, 3.8) is 0 Å². The molecule has 0 radical (unpaired) electrons. The molecular weight excluding hydrogens is 254 g/mol. The molecule has 102 valence electrons. The topological polar surface area (TPSA) is 63.6 Å². The Morgan fingerprint density at radius 3 is 2.60 bits per heavy atom. The molecule has 1 N–H and O–H groups in total. The van der Waals surface area contributed by atoms with Gasteiger partial charge in [0.1, 0.15) is 5.75 Å². The van der Waals surface area contributed by atoms with Crippen LogP contribution in [0.1, 0.15) is 22.8 Å². The fourth-order valence-electron chi connectivity index (χ4n) is 1.55.